The lowest BCUT2D eigenvalue weighted by molar-refractivity contribution is 0.0686. The lowest BCUT2D eigenvalue weighted by atomic mass is 10.2. The zero-order valence-electron chi connectivity index (χ0n) is 9.28. The lowest BCUT2D eigenvalue weighted by Crippen LogP contribution is -2.16. The van der Waals surface area contributed by atoms with Crippen LogP contribution in [0.2, 0.25) is 5.02 Å². The van der Waals surface area contributed by atoms with Crippen molar-refractivity contribution in [2.75, 3.05) is 5.32 Å². The van der Waals surface area contributed by atoms with Crippen LogP contribution in [0.1, 0.15) is 21.0 Å². The number of carboxylic acid groups (broad SMARTS) is 1. The Morgan fingerprint density at radius 2 is 2.16 bits per heavy atom. The number of amides is 1. The first-order chi connectivity index (χ1) is 8.99. The summed E-state index contributed by atoms with van der Waals surface area (Å²) in [4.78, 5) is 28.9. The highest BCUT2D eigenvalue weighted by molar-refractivity contribution is 14.1. The number of anilines is 1. The van der Waals surface area contributed by atoms with E-state index in [1.807, 2.05) is 0 Å². The molecule has 1 aromatic heterocycles. The van der Waals surface area contributed by atoms with E-state index in [0.29, 0.717) is 10.7 Å². The summed E-state index contributed by atoms with van der Waals surface area (Å²) in [6.07, 6.45) is 1.15. The molecule has 1 amide bonds. The predicted molar refractivity (Wildman–Crippen MR) is 77.7 cm³/mol. The monoisotopic (exact) mass is 391 g/mol. The van der Waals surface area contributed by atoms with Crippen molar-refractivity contribution in [3.05, 3.63) is 44.5 Å². The third-order valence-corrected chi connectivity index (χ3v) is 3.23. The summed E-state index contributed by atoms with van der Waals surface area (Å²) in [5, 5.41) is 11.8. The number of H-pyrrole nitrogens is 1. The fraction of sp³-hybridized carbons (Fsp3) is 0. The molecule has 0 spiro atoms. The summed E-state index contributed by atoms with van der Waals surface area (Å²) in [5.74, 6) is -1.89. The molecule has 0 saturated carbocycles. The average Bonchev–Trinajstić information content (AvgIpc) is 2.82. The van der Waals surface area contributed by atoms with Gasteiger partial charge in [-0.3, -0.25) is 4.79 Å². The number of nitrogens with zero attached hydrogens (tertiary/aromatic N) is 1. The zero-order valence-corrected chi connectivity index (χ0v) is 12.2. The van der Waals surface area contributed by atoms with Crippen LogP contribution in [-0.2, 0) is 0 Å². The Hall–Kier alpha value is -1.61. The highest BCUT2D eigenvalue weighted by atomic mass is 127. The van der Waals surface area contributed by atoms with Crippen LogP contribution in [0.5, 0.6) is 0 Å². The molecule has 3 N–H and O–H groups in total. The number of nitrogens with one attached hydrogen (secondary N) is 2. The minimum Gasteiger partial charge on any atom is -0.477 e. The van der Waals surface area contributed by atoms with Crippen molar-refractivity contribution in [2.24, 2.45) is 0 Å². The number of halogens is 2. The largest absolute Gasteiger partial charge is 0.477 e. The minimum absolute atomic E-state index is 0.192. The Morgan fingerprint density at radius 3 is 2.79 bits per heavy atom. The second-order valence-corrected chi connectivity index (χ2v) is 5.16. The van der Waals surface area contributed by atoms with Crippen LogP contribution < -0.4 is 5.32 Å². The third-order valence-electron chi connectivity index (χ3n) is 2.25. The van der Waals surface area contributed by atoms with Crippen molar-refractivity contribution >= 4 is 51.8 Å². The maximum Gasteiger partial charge on any atom is 0.354 e. The number of aromatic nitrogens is 2. The highest BCUT2D eigenvalue weighted by Crippen LogP contribution is 2.24. The highest BCUT2D eigenvalue weighted by Gasteiger charge is 2.20. The van der Waals surface area contributed by atoms with E-state index in [4.69, 9.17) is 16.7 Å². The topological polar surface area (TPSA) is 95.1 Å². The van der Waals surface area contributed by atoms with E-state index in [9.17, 15) is 9.59 Å². The molecule has 0 fully saturated rings. The van der Waals surface area contributed by atoms with Crippen molar-refractivity contribution in [3.63, 3.8) is 0 Å². The van der Waals surface area contributed by atoms with Gasteiger partial charge in [-0.2, -0.15) is 0 Å². The van der Waals surface area contributed by atoms with Gasteiger partial charge in [-0.15, -0.1) is 0 Å². The van der Waals surface area contributed by atoms with Gasteiger partial charge in [0.25, 0.3) is 5.91 Å². The molecule has 0 bridgehead atoms. The zero-order chi connectivity index (χ0) is 14.0. The van der Waals surface area contributed by atoms with Crippen LogP contribution in [0.4, 0.5) is 5.69 Å². The second kappa shape index (κ2) is 5.57. The normalized spacial score (nSPS) is 10.2. The summed E-state index contributed by atoms with van der Waals surface area (Å²) in [7, 11) is 0. The van der Waals surface area contributed by atoms with Crippen LogP contribution in [0.25, 0.3) is 0 Å². The molecule has 8 heteroatoms. The molecular formula is C11H7ClIN3O3. The summed E-state index contributed by atoms with van der Waals surface area (Å²) in [5.41, 5.74) is -0.0623. The molecule has 19 heavy (non-hydrogen) atoms. The molecule has 0 aliphatic carbocycles. The Labute approximate surface area is 126 Å². The maximum atomic E-state index is 11.9. The molecule has 0 aliphatic rings. The van der Waals surface area contributed by atoms with Crippen LogP contribution in [0, 0.1) is 3.57 Å². The Balaban J connectivity index is 2.26. The van der Waals surface area contributed by atoms with E-state index in [1.165, 1.54) is 0 Å². The summed E-state index contributed by atoms with van der Waals surface area (Å²) < 4.78 is 0.923. The van der Waals surface area contributed by atoms with E-state index in [-0.39, 0.29) is 11.4 Å². The van der Waals surface area contributed by atoms with Gasteiger partial charge in [0.2, 0.25) is 0 Å². The first kappa shape index (κ1) is 13.8. The number of carbonyl (C=O) groups is 2. The predicted octanol–water partition coefficient (Wildman–Crippen LogP) is 2.62. The number of hydrogen-bond donors (Lipinski definition) is 3. The van der Waals surface area contributed by atoms with Gasteiger partial charge in [-0.1, -0.05) is 11.6 Å². The summed E-state index contributed by atoms with van der Waals surface area (Å²) in [6, 6.07) is 5.08. The number of aromatic amines is 1. The standard InChI is InChI=1S/C11H7ClIN3O3/c12-6-3-5(13)1-2-7(6)16-10(17)8-9(11(18)19)15-4-14-8/h1-4H,(H,14,15)(H,16,17)(H,18,19). The number of aromatic carboxylic acids is 1. The van der Waals surface area contributed by atoms with E-state index in [2.05, 4.69) is 37.9 Å². The van der Waals surface area contributed by atoms with E-state index >= 15 is 0 Å². The Kier molecular flexibility index (Phi) is 4.05. The molecule has 0 radical (unpaired) electrons. The van der Waals surface area contributed by atoms with Gasteiger partial charge in [0.1, 0.15) is 0 Å². The molecule has 2 aromatic rings. The van der Waals surface area contributed by atoms with Crippen molar-refractivity contribution in [2.45, 2.75) is 0 Å². The molecule has 2 rings (SSSR count). The van der Waals surface area contributed by atoms with Gasteiger partial charge in [-0.05, 0) is 40.8 Å². The SMILES string of the molecule is O=C(Nc1ccc(I)cc1Cl)c1nc[nH]c1C(=O)O. The van der Waals surface area contributed by atoms with Gasteiger partial charge >= 0.3 is 5.97 Å². The molecule has 0 aliphatic heterocycles. The molecule has 6 nitrogen and oxygen atoms in total. The second-order valence-electron chi connectivity index (χ2n) is 3.51. The number of imidazole rings is 1. The van der Waals surface area contributed by atoms with Crippen LogP contribution in [0.15, 0.2) is 24.5 Å². The first-order valence-corrected chi connectivity index (χ1v) is 6.48. The van der Waals surface area contributed by atoms with E-state index in [1.54, 1.807) is 18.2 Å². The van der Waals surface area contributed by atoms with Crippen molar-refractivity contribution in [1.29, 1.82) is 0 Å². The first-order valence-electron chi connectivity index (χ1n) is 5.02. The van der Waals surface area contributed by atoms with Crippen LogP contribution >= 0.6 is 34.2 Å². The van der Waals surface area contributed by atoms with Crippen molar-refractivity contribution in [3.8, 4) is 0 Å². The molecule has 1 aromatic carbocycles. The Morgan fingerprint density at radius 1 is 1.42 bits per heavy atom. The van der Waals surface area contributed by atoms with Crippen LogP contribution in [0.3, 0.4) is 0 Å². The fourth-order valence-corrected chi connectivity index (χ4v) is 2.30. The van der Waals surface area contributed by atoms with Crippen molar-refractivity contribution < 1.29 is 14.7 Å². The van der Waals surface area contributed by atoms with Crippen molar-refractivity contribution in [1.82, 2.24) is 9.97 Å². The van der Waals surface area contributed by atoms with Gasteiger partial charge in [0, 0.05) is 3.57 Å². The van der Waals surface area contributed by atoms with E-state index < -0.39 is 11.9 Å². The number of hydrogen-bond acceptors (Lipinski definition) is 3. The van der Waals surface area contributed by atoms with Gasteiger partial charge < -0.3 is 15.4 Å². The quantitative estimate of drug-likeness (QED) is 0.701. The summed E-state index contributed by atoms with van der Waals surface area (Å²) in [6.45, 7) is 0. The third kappa shape index (κ3) is 3.04. The number of carboxylic acids is 1. The number of carbonyl (C=O) groups excluding carboxylic acids is 1. The van der Waals surface area contributed by atoms with Gasteiger partial charge in [0.15, 0.2) is 11.4 Å². The van der Waals surface area contributed by atoms with Gasteiger partial charge in [0.05, 0.1) is 17.0 Å². The number of rotatable bonds is 3. The number of benzene rings is 1. The van der Waals surface area contributed by atoms with Crippen LogP contribution in [-0.4, -0.2) is 27.0 Å². The minimum atomic E-state index is -1.25. The molecule has 0 unspecified atom stereocenters. The lowest BCUT2D eigenvalue weighted by Gasteiger charge is -2.06. The summed E-state index contributed by atoms with van der Waals surface area (Å²) >= 11 is 8.06. The molecule has 1 heterocycles. The van der Waals surface area contributed by atoms with Gasteiger partial charge in [-0.25, -0.2) is 9.78 Å². The average molecular weight is 392 g/mol. The molecule has 98 valence electrons. The smallest absolute Gasteiger partial charge is 0.354 e. The maximum absolute atomic E-state index is 11.9. The molecule has 0 saturated heterocycles. The van der Waals surface area contributed by atoms with E-state index in [0.717, 1.165) is 9.90 Å². The molecule has 0 atom stereocenters. The Bertz CT molecular complexity index is 656. The fourth-order valence-electron chi connectivity index (χ4n) is 1.40. The molecular weight excluding hydrogens is 384 g/mol.